The van der Waals surface area contributed by atoms with E-state index in [2.05, 4.69) is 29.5 Å². The van der Waals surface area contributed by atoms with E-state index < -0.39 is 0 Å². The van der Waals surface area contributed by atoms with Gasteiger partial charge in [0.05, 0.1) is 17.1 Å². The van der Waals surface area contributed by atoms with E-state index >= 15 is 0 Å². The maximum absolute atomic E-state index is 13.3. The number of carbonyl (C=O) groups is 1. The molecule has 1 amide bonds. The first-order valence-corrected chi connectivity index (χ1v) is 10.1. The predicted molar refractivity (Wildman–Crippen MR) is 105 cm³/mol. The summed E-state index contributed by atoms with van der Waals surface area (Å²) >= 11 is 7.51. The molecule has 0 saturated carbocycles. The van der Waals surface area contributed by atoms with E-state index in [0.29, 0.717) is 10.2 Å². The maximum atomic E-state index is 13.3. The molecule has 0 aliphatic carbocycles. The summed E-state index contributed by atoms with van der Waals surface area (Å²) < 4.78 is 2.53. The number of hydrogen-bond acceptors (Lipinski definition) is 4. The molecule has 3 heterocycles. The average Bonchev–Trinajstić information content (AvgIpc) is 3.32. The highest BCUT2D eigenvalue weighted by Crippen LogP contribution is 2.36. The minimum atomic E-state index is -0.0357. The van der Waals surface area contributed by atoms with Gasteiger partial charge in [0.2, 0.25) is 0 Å². The maximum Gasteiger partial charge on any atom is 0.274 e. The number of carbonyl (C=O) groups excluding carboxylic acids is 1. The van der Waals surface area contributed by atoms with E-state index in [4.69, 9.17) is 16.6 Å². The van der Waals surface area contributed by atoms with Gasteiger partial charge in [0, 0.05) is 18.5 Å². The molecule has 5 nitrogen and oxygen atoms in total. The van der Waals surface area contributed by atoms with E-state index in [0.717, 1.165) is 41.1 Å². The van der Waals surface area contributed by atoms with Crippen molar-refractivity contribution in [3.05, 3.63) is 45.1 Å². The molecular formula is C19H21ClN4OS. The first kappa shape index (κ1) is 17.5. The van der Waals surface area contributed by atoms with Crippen LogP contribution in [0.4, 0.5) is 0 Å². The van der Waals surface area contributed by atoms with Crippen molar-refractivity contribution < 1.29 is 4.79 Å². The average molecular weight is 389 g/mol. The minimum absolute atomic E-state index is 0.0274. The molecule has 4 rings (SSSR count). The number of thiazole rings is 1. The second-order valence-electron chi connectivity index (χ2n) is 7.01. The molecule has 7 heteroatoms. The number of amides is 1. The quantitative estimate of drug-likeness (QED) is 0.648. The van der Waals surface area contributed by atoms with Crippen molar-refractivity contribution in [3.8, 4) is 0 Å². The van der Waals surface area contributed by atoms with Crippen LogP contribution in [0.3, 0.4) is 0 Å². The van der Waals surface area contributed by atoms with Crippen LogP contribution < -0.4 is 0 Å². The van der Waals surface area contributed by atoms with Crippen LogP contribution in [0.25, 0.3) is 11.0 Å². The summed E-state index contributed by atoms with van der Waals surface area (Å²) in [5.74, 6) is 1.12. The molecule has 0 radical (unpaired) electrons. The molecule has 1 aliphatic rings. The number of hydrogen-bond donors (Lipinski definition) is 0. The summed E-state index contributed by atoms with van der Waals surface area (Å²) in [4.78, 5) is 25.3. The van der Waals surface area contributed by atoms with Gasteiger partial charge in [-0.2, -0.15) is 0 Å². The summed E-state index contributed by atoms with van der Waals surface area (Å²) in [5, 5.41) is 0. The molecule has 136 valence electrons. The first-order chi connectivity index (χ1) is 12.5. The van der Waals surface area contributed by atoms with Crippen LogP contribution >= 0.6 is 22.9 Å². The molecule has 1 aliphatic heterocycles. The molecule has 1 saturated heterocycles. The Balaban J connectivity index is 1.72. The molecule has 1 aromatic carbocycles. The summed E-state index contributed by atoms with van der Waals surface area (Å²) in [7, 11) is 2.02. The van der Waals surface area contributed by atoms with Crippen molar-refractivity contribution in [2.45, 2.75) is 38.6 Å². The lowest BCUT2D eigenvalue weighted by Crippen LogP contribution is -2.32. The Hall–Kier alpha value is -1.92. The highest BCUT2D eigenvalue weighted by Gasteiger charge is 2.36. The van der Waals surface area contributed by atoms with E-state index in [9.17, 15) is 4.79 Å². The number of likely N-dealkylation sites (tertiary alicyclic amines) is 1. The summed E-state index contributed by atoms with van der Waals surface area (Å²) in [5.41, 5.74) is 2.55. The Morgan fingerprint density at radius 1 is 1.31 bits per heavy atom. The highest BCUT2D eigenvalue weighted by atomic mass is 35.5. The topological polar surface area (TPSA) is 51.0 Å². The van der Waals surface area contributed by atoms with Crippen LogP contribution in [0.1, 0.15) is 59.8 Å². The molecule has 3 aromatic rings. The van der Waals surface area contributed by atoms with Gasteiger partial charge < -0.3 is 9.47 Å². The van der Waals surface area contributed by atoms with E-state index in [1.54, 1.807) is 0 Å². The number of aromatic nitrogens is 3. The van der Waals surface area contributed by atoms with Crippen molar-refractivity contribution in [1.29, 1.82) is 0 Å². The number of rotatable bonds is 3. The van der Waals surface area contributed by atoms with Crippen molar-refractivity contribution in [2.75, 3.05) is 6.54 Å². The van der Waals surface area contributed by atoms with Crippen LogP contribution in [-0.4, -0.2) is 31.9 Å². The third kappa shape index (κ3) is 2.81. The number of nitrogens with zero attached hydrogens (tertiary/aromatic N) is 4. The second kappa shape index (κ2) is 6.67. The number of imidazole rings is 1. The fourth-order valence-corrected chi connectivity index (χ4v) is 4.84. The Morgan fingerprint density at radius 2 is 2.08 bits per heavy atom. The van der Waals surface area contributed by atoms with E-state index in [-0.39, 0.29) is 17.9 Å². The zero-order valence-corrected chi connectivity index (χ0v) is 16.6. The Kier molecular flexibility index (Phi) is 4.49. The highest BCUT2D eigenvalue weighted by molar-refractivity contribution is 7.16. The van der Waals surface area contributed by atoms with Gasteiger partial charge in [-0.05, 0) is 30.9 Å². The van der Waals surface area contributed by atoms with Crippen molar-refractivity contribution >= 4 is 39.9 Å². The lowest BCUT2D eigenvalue weighted by atomic mass is 10.1. The third-order valence-corrected chi connectivity index (χ3v) is 6.45. The summed E-state index contributed by atoms with van der Waals surface area (Å²) in [6.45, 7) is 4.85. The summed E-state index contributed by atoms with van der Waals surface area (Å²) in [6.07, 6.45) is 1.88. The SMILES string of the molecule is CC(C)c1sc(Cl)nc1C(=O)N1CCCC1c1nc2ccccc2n1C. The zero-order chi connectivity index (χ0) is 18.4. The smallest absolute Gasteiger partial charge is 0.274 e. The van der Waals surface area contributed by atoms with Gasteiger partial charge in [-0.3, -0.25) is 4.79 Å². The number of aryl methyl sites for hydroxylation is 1. The molecule has 26 heavy (non-hydrogen) atoms. The van der Waals surface area contributed by atoms with Crippen molar-refractivity contribution in [1.82, 2.24) is 19.4 Å². The number of fused-ring (bicyclic) bond motifs is 1. The van der Waals surface area contributed by atoms with Crippen LogP contribution in [0.15, 0.2) is 24.3 Å². The number of para-hydroxylation sites is 2. The van der Waals surface area contributed by atoms with Crippen LogP contribution in [0, 0.1) is 0 Å². The van der Waals surface area contributed by atoms with Gasteiger partial charge in [0.15, 0.2) is 4.47 Å². The van der Waals surface area contributed by atoms with Gasteiger partial charge in [-0.1, -0.05) is 37.6 Å². The molecule has 0 N–H and O–H groups in total. The van der Waals surface area contributed by atoms with Crippen LogP contribution in [0.5, 0.6) is 0 Å². The van der Waals surface area contributed by atoms with E-state index in [1.165, 1.54) is 11.3 Å². The van der Waals surface area contributed by atoms with Crippen LogP contribution in [-0.2, 0) is 7.05 Å². The van der Waals surface area contributed by atoms with Gasteiger partial charge in [0.1, 0.15) is 11.5 Å². The van der Waals surface area contributed by atoms with Gasteiger partial charge in [-0.15, -0.1) is 11.3 Å². The van der Waals surface area contributed by atoms with E-state index in [1.807, 2.05) is 30.1 Å². The normalized spacial score (nSPS) is 17.6. The fourth-order valence-electron chi connectivity index (χ4n) is 3.73. The Morgan fingerprint density at radius 3 is 2.81 bits per heavy atom. The Bertz CT molecular complexity index is 977. The fraction of sp³-hybridized carbons (Fsp3) is 0.421. The first-order valence-electron chi connectivity index (χ1n) is 8.86. The number of halogens is 1. The lowest BCUT2D eigenvalue weighted by molar-refractivity contribution is 0.0722. The largest absolute Gasteiger partial charge is 0.329 e. The predicted octanol–water partition coefficient (Wildman–Crippen LogP) is 4.78. The second-order valence-corrected chi connectivity index (χ2v) is 8.62. The van der Waals surface area contributed by atoms with Crippen molar-refractivity contribution in [3.63, 3.8) is 0 Å². The zero-order valence-electron chi connectivity index (χ0n) is 15.1. The number of benzene rings is 1. The molecule has 0 bridgehead atoms. The Labute approximate surface area is 161 Å². The molecule has 1 atom stereocenters. The lowest BCUT2D eigenvalue weighted by Gasteiger charge is -2.24. The van der Waals surface area contributed by atoms with Gasteiger partial charge in [0.25, 0.3) is 5.91 Å². The van der Waals surface area contributed by atoms with Gasteiger partial charge in [-0.25, -0.2) is 9.97 Å². The molecule has 1 fully saturated rings. The molecular weight excluding hydrogens is 368 g/mol. The third-order valence-electron chi connectivity index (χ3n) is 4.99. The van der Waals surface area contributed by atoms with Crippen LogP contribution in [0.2, 0.25) is 4.47 Å². The molecule has 2 aromatic heterocycles. The monoisotopic (exact) mass is 388 g/mol. The molecule has 1 unspecified atom stereocenters. The molecule has 0 spiro atoms. The standard InChI is InChI=1S/C19H21ClN4OS/c1-11(2)16-15(22-19(20)26-16)18(25)24-10-6-9-14(24)17-21-12-7-4-5-8-13(12)23(17)3/h4-5,7-8,11,14H,6,9-10H2,1-3H3. The summed E-state index contributed by atoms with van der Waals surface area (Å²) in [6, 6.07) is 8.04. The van der Waals surface area contributed by atoms with Crippen molar-refractivity contribution in [2.24, 2.45) is 7.05 Å². The minimum Gasteiger partial charge on any atom is -0.329 e. The van der Waals surface area contributed by atoms with Gasteiger partial charge >= 0.3 is 0 Å².